The maximum Gasteiger partial charge on any atom is 0.343 e. The van der Waals surface area contributed by atoms with Gasteiger partial charge in [-0.25, -0.2) is 9.59 Å². The van der Waals surface area contributed by atoms with Gasteiger partial charge in [0, 0.05) is 15.6 Å². The Labute approximate surface area is 136 Å². The molecule has 0 aliphatic heterocycles. The molecular weight excluding hydrogens is 327 g/mol. The Morgan fingerprint density at radius 2 is 1.00 bits per heavy atom. The van der Waals surface area contributed by atoms with Gasteiger partial charge in [0.25, 0.3) is 0 Å². The Hall–Kier alpha value is -2.30. The molecule has 0 bridgehead atoms. The molecule has 0 heterocycles. The molecule has 6 heteroatoms. The molecule has 4 nitrogen and oxygen atoms in total. The third-order valence-electron chi connectivity index (χ3n) is 2.94. The van der Waals surface area contributed by atoms with E-state index in [9.17, 15) is 19.8 Å². The average Bonchev–Trinajstić information content (AvgIpc) is 2.46. The molecule has 0 amide bonds. The largest absolute Gasteiger partial charge is 0.477 e. The maximum absolute atomic E-state index is 11.4. The Morgan fingerprint density at radius 1 is 0.682 bits per heavy atom. The van der Waals surface area contributed by atoms with Crippen LogP contribution in [0.2, 0.25) is 10.0 Å². The van der Waals surface area contributed by atoms with Gasteiger partial charge in [0.05, 0.1) is 0 Å². The zero-order chi connectivity index (χ0) is 16.3. The van der Waals surface area contributed by atoms with Crippen molar-refractivity contribution >= 4 is 40.7 Å². The van der Waals surface area contributed by atoms with E-state index in [2.05, 4.69) is 0 Å². The zero-order valence-corrected chi connectivity index (χ0v) is 12.6. The molecule has 0 fully saturated rings. The number of carbonyl (C=O) groups is 2. The van der Waals surface area contributed by atoms with Gasteiger partial charge in [-0.05, 0) is 35.4 Å². The first-order valence-electron chi connectivity index (χ1n) is 6.13. The highest BCUT2D eigenvalue weighted by atomic mass is 35.5. The number of halogens is 2. The summed E-state index contributed by atoms with van der Waals surface area (Å²) in [6, 6.07) is 12.5. The molecule has 2 aromatic carbocycles. The van der Waals surface area contributed by atoms with E-state index in [0.29, 0.717) is 21.2 Å². The van der Waals surface area contributed by atoms with E-state index < -0.39 is 17.5 Å². The van der Waals surface area contributed by atoms with Crippen molar-refractivity contribution in [2.24, 2.45) is 0 Å². The summed E-state index contributed by atoms with van der Waals surface area (Å²) in [4.78, 5) is 22.7. The lowest BCUT2D eigenvalue weighted by Gasteiger charge is -2.11. The Bertz CT molecular complexity index is 683. The van der Waals surface area contributed by atoms with Crippen LogP contribution in [0.15, 0.2) is 54.1 Å². The smallest absolute Gasteiger partial charge is 0.343 e. The van der Waals surface area contributed by atoms with Crippen molar-refractivity contribution in [3.8, 4) is 0 Å². The summed E-state index contributed by atoms with van der Waals surface area (Å²) in [5.74, 6) is -3.04. The predicted octanol–water partition coefficient (Wildman–Crippen LogP) is 3.96. The van der Waals surface area contributed by atoms with Crippen molar-refractivity contribution in [1.82, 2.24) is 0 Å². The van der Waals surface area contributed by atoms with Gasteiger partial charge in [-0.3, -0.25) is 0 Å². The summed E-state index contributed by atoms with van der Waals surface area (Å²) in [5.41, 5.74) is 0.246. The number of hydrogen-bond acceptors (Lipinski definition) is 2. The maximum atomic E-state index is 11.4. The summed E-state index contributed by atoms with van der Waals surface area (Å²) in [6.07, 6.45) is 0. The number of benzene rings is 2. The molecule has 0 saturated carbocycles. The van der Waals surface area contributed by atoms with E-state index in [1.807, 2.05) is 0 Å². The summed E-state index contributed by atoms with van der Waals surface area (Å²) in [5, 5.41) is 19.4. The second-order valence-electron chi connectivity index (χ2n) is 4.37. The molecule has 0 unspecified atom stereocenters. The first-order chi connectivity index (χ1) is 10.4. The van der Waals surface area contributed by atoms with Crippen LogP contribution in [-0.2, 0) is 9.59 Å². The SMILES string of the molecule is O=C(O)C(C(=O)O)=C(c1ccc(Cl)cc1)c1ccc(Cl)cc1. The van der Waals surface area contributed by atoms with E-state index in [1.54, 1.807) is 48.5 Å². The molecule has 0 aromatic heterocycles. The Balaban J connectivity index is 2.76. The monoisotopic (exact) mass is 336 g/mol. The van der Waals surface area contributed by atoms with Crippen LogP contribution in [0.1, 0.15) is 11.1 Å². The van der Waals surface area contributed by atoms with Gasteiger partial charge >= 0.3 is 11.9 Å². The lowest BCUT2D eigenvalue weighted by atomic mass is 9.93. The summed E-state index contributed by atoms with van der Waals surface area (Å²) in [6.45, 7) is 0. The van der Waals surface area contributed by atoms with Crippen LogP contribution in [0.5, 0.6) is 0 Å². The van der Waals surface area contributed by atoms with Gasteiger partial charge in [0.15, 0.2) is 5.57 Å². The van der Waals surface area contributed by atoms with E-state index in [1.165, 1.54) is 0 Å². The minimum absolute atomic E-state index is 0.0910. The summed E-state index contributed by atoms with van der Waals surface area (Å²) < 4.78 is 0. The third-order valence-corrected chi connectivity index (χ3v) is 3.45. The van der Waals surface area contributed by atoms with E-state index >= 15 is 0 Å². The number of carboxylic acids is 2. The predicted molar refractivity (Wildman–Crippen MR) is 84.2 cm³/mol. The first-order valence-corrected chi connectivity index (χ1v) is 6.88. The summed E-state index contributed by atoms with van der Waals surface area (Å²) in [7, 11) is 0. The Morgan fingerprint density at radius 3 is 1.27 bits per heavy atom. The van der Waals surface area contributed by atoms with Crippen LogP contribution in [0, 0.1) is 0 Å². The lowest BCUT2D eigenvalue weighted by molar-refractivity contribution is -0.140. The molecule has 0 aliphatic carbocycles. The van der Waals surface area contributed by atoms with Crippen LogP contribution in [0.25, 0.3) is 5.57 Å². The molecule has 0 radical (unpaired) electrons. The molecule has 0 saturated heterocycles. The van der Waals surface area contributed by atoms with Crippen LogP contribution < -0.4 is 0 Å². The second-order valence-corrected chi connectivity index (χ2v) is 5.25. The fourth-order valence-corrected chi connectivity index (χ4v) is 2.25. The highest BCUT2D eigenvalue weighted by Gasteiger charge is 2.24. The van der Waals surface area contributed by atoms with Gasteiger partial charge in [-0.2, -0.15) is 0 Å². The highest BCUT2D eigenvalue weighted by molar-refractivity contribution is 6.31. The van der Waals surface area contributed by atoms with E-state index in [0.717, 1.165) is 0 Å². The molecule has 22 heavy (non-hydrogen) atoms. The highest BCUT2D eigenvalue weighted by Crippen LogP contribution is 2.29. The van der Waals surface area contributed by atoms with Gasteiger partial charge < -0.3 is 10.2 Å². The number of carboxylic acid groups (broad SMARTS) is 2. The Kier molecular flexibility index (Phi) is 4.85. The molecule has 0 spiro atoms. The van der Waals surface area contributed by atoms with Crippen molar-refractivity contribution in [2.75, 3.05) is 0 Å². The van der Waals surface area contributed by atoms with Gasteiger partial charge in [0.1, 0.15) is 0 Å². The molecule has 2 aromatic rings. The molecule has 0 aliphatic rings. The van der Waals surface area contributed by atoms with Crippen molar-refractivity contribution in [1.29, 1.82) is 0 Å². The quantitative estimate of drug-likeness (QED) is 0.503. The standard InChI is InChI=1S/C16H10Cl2O4/c17-11-5-1-9(2-6-11)13(14(15(19)20)16(21)22)10-3-7-12(18)8-4-10/h1-8H,(H,19,20)(H,21,22). The van der Waals surface area contributed by atoms with E-state index in [-0.39, 0.29) is 5.57 Å². The second kappa shape index (κ2) is 6.64. The minimum Gasteiger partial charge on any atom is -0.477 e. The topological polar surface area (TPSA) is 74.6 Å². The van der Waals surface area contributed by atoms with Crippen molar-refractivity contribution in [2.45, 2.75) is 0 Å². The molecular formula is C16H10Cl2O4. The van der Waals surface area contributed by atoms with Crippen LogP contribution in [0.4, 0.5) is 0 Å². The average molecular weight is 337 g/mol. The van der Waals surface area contributed by atoms with Crippen LogP contribution in [-0.4, -0.2) is 22.2 Å². The van der Waals surface area contributed by atoms with Gasteiger partial charge in [0.2, 0.25) is 0 Å². The van der Waals surface area contributed by atoms with Crippen LogP contribution in [0.3, 0.4) is 0 Å². The number of rotatable bonds is 4. The number of hydrogen-bond donors (Lipinski definition) is 2. The minimum atomic E-state index is -1.52. The fraction of sp³-hybridized carbons (Fsp3) is 0. The normalized spacial score (nSPS) is 10.1. The van der Waals surface area contributed by atoms with Crippen molar-refractivity contribution in [3.05, 3.63) is 75.3 Å². The van der Waals surface area contributed by atoms with Crippen LogP contribution >= 0.6 is 23.2 Å². The van der Waals surface area contributed by atoms with Gasteiger partial charge in [-0.1, -0.05) is 47.5 Å². The molecule has 0 atom stereocenters. The first kappa shape index (κ1) is 16.1. The fourth-order valence-electron chi connectivity index (χ4n) is 1.99. The van der Waals surface area contributed by atoms with Crippen molar-refractivity contribution in [3.63, 3.8) is 0 Å². The molecule has 2 N–H and O–H groups in total. The lowest BCUT2D eigenvalue weighted by Crippen LogP contribution is -2.14. The third kappa shape index (κ3) is 3.47. The molecule has 112 valence electrons. The number of aliphatic carboxylic acids is 2. The van der Waals surface area contributed by atoms with Gasteiger partial charge in [-0.15, -0.1) is 0 Å². The van der Waals surface area contributed by atoms with E-state index in [4.69, 9.17) is 23.2 Å². The zero-order valence-electron chi connectivity index (χ0n) is 11.1. The summed E-state index contributed by atoms with van der Waals surface area (Å²) >= 11 is 11.6. The molecule has 2 rings (SSSR count). The van der Waals surface area contributed by atoms with Crippen molar-refractivity contribution < 1.29 is 19.8 Å².